The SMILES string of the molecule is CCOc1cc(NC(=O)c2ccccc2)c(OCC)cc1N=Nc1c(O)c(C(=O)Nc2ccc(Cl)cc2C)cc2ccccc12.CCOc1cc(NC(=O)c2ccccc2)c(OCC)cc1N=Nc1c(O)c([C+]=O)cc2ccccc12.COc1cc(NC(=O)c2ccccc2)c(OC)cc1N=Nc1c(O)c([C+]=O)cc2ccccc12.COc1cc(NC(=O)c2ccccc2)c(OC)cc1[N+]#N. The van der Waals surface area contributed by atoms with Crippen molar-refractivity contribution in [1.29, 1.82) is 5.39 Å². The van der Waals surface area contributed by atoms with Gasteiger partial charge in [-0.25, -0.2) is 0 Å². The molecular weight excluding hydrogens is 1750 g/mol. The summed E-state index contributed by atoms with van der Waals surface area (Å²) in [5, 5.41) is 85.9. The highest BCUT2D eigenvalue weighted by molar-refractivity contribution is 6.30. The van der Waals surface area contributed by atoms with Crippen molar-refractivity contribution in [3.8, 4) is 63.2 Å². The van der Waals surface area contributed by atoms with Gasteiger partial charge in [0.15, 0.2) is 27.8 Å². The molecule has 5 amide bonds. The average molecular weight is 1840 g/mol. The zero-order valence-corrected chi connectivity index (χ0v) is 75.6. The van der Waals surface area contributed by atoms with Crippen LogP contribution in [0, 0.1) is 12.3 Å². The predicted molar refractivity (Wildman–Crippen MR) is 522 cm³/mol. The number of ether oxygens (including phenoxy) is 8. The zero-order chi connectivity index (χ0) is 96.7. The van der Waals surface area contributed by atoms with E-state index in [2.05, 4.69) is 62.2 Å². The largest absolute Gasteiger partial charge is 0.505 e. The Hall–Kier alpha value is -18.1. The molecule has 8 N–H and O–H groups in total. The number of hydrogen-bond donors (Lipinski definition) is 8. The Balaban J connectivity index is 0.000000168. The molecule has 32 heteroatoms. The molecule has 0 aliphatic rings. The minimum atomic E-state index is -0.521. The summed E-state index contributed by atoms with van der Waals surface area (Å²) in [6.07, 6.45) is 3.46. The van der Waals surface area contributed by atoms with Gasteiger partial charge in [0.1, 0.15) is 57.2 Å². The number of fused-ring (bicyclic) bond motifs is 3. The van der Waals surface area contributed by atoms with Crippen LogP contribution in [0.1, 0.15) is 96.2 Å². The lowest BCUT2D eigenvalue weighted by Crippen LogP contribution is -2.13. The monoisotopic (exact) mass is 1840 g/mol. The first kappa shape index (κ1) is 97.0. The molecule has 0 bridgehead atoms. The normalized spacial score (nSPS) is 10.7. The molecule has 0 saturated heterocycles. The predicted octanol–water partition coefficient (Wildman–Crippen LogP) is 24.8. The van der Waals surface area contributed by atoms with Crippen LogP contribution in [0.5, 0.6) is 63.2 Å². The van der Waals surface area contributed by atoms with Crippen molar-refractivity contribution in [2.24, 2.45) is 30.7 Å². The summed E-state index contributed by atoms with van der Waals surface area (Å²) in [5.41, 5.74) is 6.44. The highest BCUT2D eigenvalue weighted by Gasteiger charge is 2.28. The van der Waals surface area contributed by atoms with Crippen molar-refractivity contribution in [1.82, 2.24) is 0 Å². The number of phenolic OH excluding ortho intramolecular Hbond substituents is 3. The summed E-state index contributed by atoms with van der Waals surface area (Å²) < 4.78 is 44.4. The number of anilines is 5. The summed E-state index contributed by atoms with van der Waals surface area (Å²) in [6.45, 7) is 10.5. The van der Waals surface area contributed by atoms with Gasteiger partial charge in [0.25, 0.3) is 52.2 Å². The Kier molecular flexibility index (Phi) is 33.5. The van der Waals surface area contributed by atoms with E-state index in [0.29, 0.717) is 178 Å². The number of diazo groups is 1. The Morgan fingerprint density at radius 3 is 1.01 bits per heavy atom. The standard InChI is InChI=1S/C35H31ClN4O5.C28H23N3O5.C26H19N3O5.C15H13N3O3/c1-4-44-30-20-29(31(45-5-2)19-28(30)38-34(42)22-11-7-6-8-12-22)39-40-32-25-14-10-9-13-23(25)18-26(33(32)41)35(43)37-27-16-15-24(36)17-21(27)3;1-3-35-24-16-23(25(36-4-2)15-22(24)29-28(34)18-10-6-5-7-11-18)30-31-26-21-13-9-8-12-19(21)14-20(17-32)27(26)33;1-33-22-14-21(23(34-2)13-20(22)27-26(32)16-8-4-3-5-9-16)28-29-24-19-11-7-6-10-17(19)12-18(15-30)25(24)31;1-20-13-9-12(18-16)14(21-2)8-11(13)17-15(19)10-6-4-3-5-7-10/h6-20,41H,4-5H2,1-3H3,(H,37,43)(H,38,42);5-16H,3-4H2,1-2H3,(H-,29,30,31,32,33,34);3-14H,1-2H3,(H-,27,28,29,30,31,32);3-9H,1-2H3/p+3. The molecule has 0 aliphatic carbocycles. The zero-order valence-electron chi connectivity index (χ0n) is 74.8. The van der Waals surface area contributed by atoms with Crippen LogP contribution < -0.4 is 64.5 Å². The number of aromatic hydroxyl groups is 3. The lowest BCUT2D eigenvalue weighted by Gasteiger charge is -2.15. The van der Waals surface area contributed by atoms with Crippen LogP contribution in [0.25, 0.3) is 37.3 Å². The Labute approximate surface area is 785 Å². The van der Waals surface area contributed by atoms with Gasteiger partial charge >= 0.3 is 18.3 Å². The average Bonchev–Trinajstić information content (AvgIpc) is 0.780. The van der Waals surface area contributed by atoms with Gasteiger partial charge in [0.05, 0.1) is 101 Å². The molecule has 15 aromatic carbocycles. The molecule has 0 saturated carbocycles. The third kappa shape index (κ3) is 23.9. The van der Waals surface area contributed by atoms with Crippen LogP contribution in [-0.2, 0) is 9.59 Å². The Morgan fingerprint density at radius 2 is 0.647 bits per heavy atom. The maximum atomic E-state index is 13.4. The molecule has 0 aromatic heterocycles. The van der Waals surface area contributed by atoms with E-state index in [9.17, 15) is 48.9 Å². The lowest BCUT2D eigenvalue weighted by molar-refractivity contribution is 0.101. The van der Waals surface area contributed by atoms with E-state index < -0.39 is 5.91 Å². The lowest BCUT2D eigenvalue weighted by atomic mass is 10.0. The van der Waals surface area contributed by atoms with Gasteiger partial charge in [-0.15, -0.1) is 40.3 Å². The number of methoxy groups -OCH3 is 4. The number of hydrogen-bond acceptors (Lipinski definition) is 25. The minimum Gasteiger partial charge on any atom is -0.505 e. The maximum absolute atomic E-state index is 13.4. The molecule has 0 fully saturated rings. The van der Waals surface area contributed by atoms with Gasteiger partial charge < -0.3 is 79.8 Å². The van der Waals surface area contributed by atoms with Crippen LogP contribution in [-0.4, -0.2) is 112 Å². The topological polar surface area (TPSA) is 416 Å². The highest BCUT2D eigenvalue weighted by atomic mass is 35.5. The van der Waals surface area contributed by atoms with Crippen LogP contribution in [0.4, 0.5) is 68.2 Å². The van der Waals surface area contributed by atoms with E-state index in [1.807, 2.05) is 83.1 Å². The summed E-state index contributed by atoms with van der Waals surface area (Å²) in [4.78, 5) is 89.5. The number of aryl methyl sites for hydroxylation is 1. The second-order valence-corrected chi connectivity index (χ2v) is 29.4. The number of rotatable bonds is 30. The first-order valence-electron chi connectivity index (χ1n) is 42.1. The number of halogens is 1. The van der Waals surface area contributed by atoms with E-state index in [1.165, 1.54) is 46.6 Å². The third-order valence-corrected chi connectivity index (χ3v) is 20.5. The second-order valence-electron chi connectivity index (χ2n) is 28.9. The molecule has 0 aliphatic heterocycles. The third-order valence-electron chi connectivity index (χ3n) is 20.2. The van der Waals surface area contributed by atoms with Crippen LogP contribution in [0.2, 0.25) is 5.02 Å². The van der Waals surface area contributed by atoms with Gasteiger partial charge in [-0.3, -0.25) is 24.0 Å². The van der Waals surface area contributed by atoms with Gasteiger partial charge in [-0.2, -0.15) is 0 Å². The fourth-order valence-corrected chi connectivity index (χ4v) is 13.9. The first-order valence-corrected chi connectivity index (χ1v) is 42.5. The molecule has 0 spiro atoms. The number of nitrogens with one attached hydrogen (secondary N) is 5. The van der Waals surface area contributed by atoms with Crippen molar-refractivity contribution in [2.45, 2.75) is 34.6 Å². The van der Waals surface area contributed by atoms with Crippen molar-refractivity contribution >= 4 is 154 Å². The minimum absolute atomic E-state index is 0.0124. The van der Waals surface area contributed by atoms with Crippen molar-refractivity contribution in [3.05, 3.63) is 334 Å². The maximum Gasteiger partial charge on any atom is 0.430 e. The molecule has 0 heterocycles. The molecule has 15 aromatic rings. The first-order chi connectivity index (χ1) is 66.1. The number of carbonyl (C=O) groups excluding carboxylic acids is 7. The number of amides is 5. The van der Waals surface area contributed by atoms with Crippen molar-refractivity contribution < 1.29 is 86.8 Å². The van der Waals surface area contributed by atoms with E-state index in [-0.39, 0.29) is 80.3 Å². The van der Waals surface area contributed by atoms with Crippen LogP contribution >= 0.6 is 11.6 Å². The molecular formula is C104H89ClN13O18+3. The fraction of sp³-hybridized carbons (Fsp3) is 0.125. The fourth-order valence-electron chi connectivity index (χ4n) is 13.6. The number of azo groups is 3. The van der Waals surface area contributed by atoms with Crippen molar-refractivity contribution in [3.63, 3.8) is 0 Å². The summed E-state index contributed by atoms with van der Waals surface area (Å²) in [5.74, 6) is 0.0777. The molecule has 682 valence electrons. The number of nitrogens with zero attached hydrogens (tertiary/aromatic N) is 8. The highest BCUT2D eigenvalue weighted by Crippen LogP contribution is 2.48. The molecule has 31 nitrogen and oxygen atoms in total. The second kappa shape index (κ2) is 46.9. The van der Waals surface area contributed by atoms with Gasteiger partial charge in [-0.1, -0.05) is 133 Å². The summed E-state index contributed by atoms with van der Waals surface area (Å²) in [6, 6.07) is 79.2. The molecule has 0 atom stereocenters. The van der Waals surface area contributed by atoms with Gasteiger partial charge in [0, 0.05) is 102 Å². The molecule has 0 radical (unpaired) electrons. The number of phenols is 3. The smallest absolute Gasteiger partial charge is 0.430 e. The van der Waals surface area contributed by atoms with Crippen LogP contribution in [0.3, 0.4) is 0 Å². The Morgan fingerprint density at radius 1 is 0.338 bits per heavy atom. The van der Waals surface area contributed by atoms with Gasteiger partial charge in [0.2, 0.25) is 11.1 Å². The van der Waals surface area contributed by atoms with E-state index in [4.69, 9.17) is 54.9 Å². The number of benzene rings is 15. The summed E-state index contributed by atoms with van der Waals surface area (Å²) in [7, 11) is 5.82. The molecule has 15 rings (SSSR count). The Bertz CT molecular complexity index is 7070. The van der Waals surface area contributed by atoms with Crippen molar-refractivity contribution in [2.75, 3.05) is 81.5 Å². The molecule has 136 heavy (non-hydrogen) atoms. The van der Waals surface area contributed by atoms with Crippen LogP contribution in [0.15, 0.2) is 310 Å². The van der Waals surface area contributed by atoms with Gasteiger partial charge in [-0.05, 0) is 143 Å². The number of carbonyl (C=O) groups is 5. The van der Waals surface area contributed by atoms with E-state index >= 15 is 0 Å². The quantitative estimate of drug-likeness (QED) is 0.0118. The van der Waals surface area contributed by atoms with E-state index in [1.54, 1.807) is 225 Å². The van der Waals surface area contributed by atoms with E-state index in [0.717, 1.165) is 5.56 Å². The summed E-state index contributed by atoms with van der Waals surface area (Å²) >= 11 is 6.07. The molecule has 0 unspecified atom stereocenters.